The second kappa shape index (κ2) is 35.3. The molecular weight excluding hydrogens is 677 g/mol. The Hall–Kier alpha value is -1.45. The molecule has 0 fully saturated rings. The first-order valence-electron chi connectivity index (χ1n) is 21.2. The molecule has 0 aliphatic rings. The summed E-state index contributed by atoms with van der Waals surface area (Å²) >= 11 is 0. The summed E-state index contributed by atoms with van der Waals surface area (Å²) in [4.78, 5) is 26.0. The van der Waals surface area contributed by atoms with Gasteiger partial charge in [0.2, 0.25) is 5.91 Å². The second-order valence-electron chi connectivity index (χ2n) is 15.3. The summed E-state index contributed by atoms with van der Waals surface area (Å²) in [6.07, 6.45) is 33.6. The zero-order chi connectivity index (χ0) is 38.6. The summed E-state index contributed by atoms with van der Waals surface area (Å²) in [7, 11) is -0.629. The molecule has 3 atom stereocenters. The Balaban J connectivity index is 4.68. The van der Waals surface area contributed by atoms with Crippen LogP contribution in [0.1, 0.15) is 181 Å². The number of nitrogens with one attached hydrogen (secondary N) is 1. The predicted octanol–water partition coefficient (Wildman–Crippen LogP) is 11.1. The van der Waals surface area contributed by atoms with Crippen molar-refractivity contribution in [3.8, 4) is 0 Å². The van der Waals surface area contributed by atoms with Crippen molar-refractivity contribution in [2.45, 2.75) is 193 Å². The van der Waals surface area contributed by atoms with E-state index in [2.05, 4.69) is 29.2 Å². The van der Waals surface area contributed by atoms with Crippen molar-refractivity contribution in [2.75, 3.05) is 46.9 Å². The molecular formula is C40H81N5O6P+. The van der Waals surface area contributed by atoms with Crippen LogP contribution in [0.15, 0.2) is 17.3 Å². The van der Waals surface area contributed by atoms with Gasteiger partial charge < -0.3 is 19.8 Å². The van der Waals surface area contributed by atoms with Gasteiger partial charge in [0, 0.05) is 11.3 Å². The number of amides is 1. The van der Waals surface area contributed by atoms with Gasteiger partial charge in [-0.2, -0.15) is 0 Å². The lowest BCUT2D eigenvalue weighted by molar-refractivity contribution is -0.888. The van der Waals surface area contributed by atoms with Crippen LogP contribution in [0.4, 0.5) is 0 Å². The highest BCUT2D eigenvalue weighted by molar-refractivity contribution is 7.47. The maximum atomic E-state index is 12.9. The molecule has 0 aromatic carbocycles. The van der Waals surface area contributed by atoms with Crippen LogP contribution >= 0.6 is 7.82 Å². The number of aliphatic hydroxyl groups excluding tert-OH is 1. The number of azide groups is 1. The largest absolute Gasteiger partial charge is 0.472 e. The standard InChI is InChI=1S/C40H80N5O6P/c1-5-7-9-11-13-15-17-19-21-23-25-27-29-31-39(46)38(37-51-52(48,49)50-36-35-45(3,4)34-33-42-44-41)43-40(47)32-30-28-26-24-22-20-18-16-14-12-10-8-6-2/h29,31,38-39,46H,5-28,30,32-37H2,1-4H3,(H-,43,47,48,49)/p+1/b31-29+/t38-,39+/m0/s1. The Labute approximate surface area is 318 Å². The molecule has 0 saturated heterocycles. The van der Waals surface area contributed by atoms with Gasteiger partial charge in [0.15, 0.2) is 0 Å². The highest BCUT2D eigenvalue weighted by atomic mass is 31.2. The van der Waals surface area contributed by atoms with E-state index in [4.69, 9.17) is 14.6 Å². The number of carbonyl (C=O) groups is 1. The minimum absolute atomic E-state index is 0.0471. The molecule has 12 heteroatoms. The average Bonchev–Trinajstić information content (AvgIpc) is 3.10. The number of likely N-dealkylation sites (N-methyl/N-ethyl adjacent to an activating group) is 1. The highest BCUT2D eigenvalue weighted by Gasteiger charge is 2.28. The van der Waals surface area contributed by atoms with Crippen molar-refractivity contribution < 1.29 is 32.9 Å². The lowest BCUT2D eigenvalue weighted by Crippen LogP contribution is -2.45. The van der Waals surface area contributed by atoms with Crippen molar-refractivity contribution in [1.82, 2.24) is 5.32 Å². The third-order valence-corrected chi connectivity index (χ3v) is 10.8. The second-order valence-corrected chi connectivity index (χ2v) is 16.8. The predicted molar refractivity (Wildman–Crippen MR) is 216 cm³/mol. The van der Waals surface area contributed by atoms with Crippen molar-refractivity contribution in [2.24, 2.45) is 5.11 Å². The van der Waals surface area contributed by atoms with Gasteiger partial charge >= 0.3 is 7.82 Å². The number of hydrogen-bond donors (Lipinski definition) is 3. The molecule has 306 valence electrons. The molecule has 0 spiro atoms. The molecule has 0 heterocycles. The fourth-order valence-electron chi connectivity index (χ4n) is 6.19. The molecule has 52 heavy (non-hydrogen) atoms. The van der Waals surface area contributed by atoms with E-state index >= 15 is 0 Å². The molecule has 0 saturated carbocycles. The lowest BCUT2D eigenvalue weighted by Gasteiger charge is -2.29. The third kappa shape index (κ3) is 34.3. The lowest BCUT2D eigenvalue weighted by atomic mass is 10.0. The molecule has 3 N–H and O–H groups in total. The van der Waals surface area contributed by atoms with E-state index in [1.807, 2.05) is 20.2 Å². The number of carbonyl (C=O) groups excluding carboxylic acids is 1. The SMILES string of the molecule is CCCCCCCCCCCCC/C=C/[C@@H](O)[C@H](COP(=O)(O)OCC[N+](C)(C)CCN=[N+]=[N-])NC(=O)CCCCCCCCCCCCCCC. The maximum Gasteiger partial charge on any atom is 0.472 e. The van der Waals surface area contributed by atoms with Gasteiger partial charge in [-0.05, 0) is 24.8 Å². The summed E-state index contributed by atoms with van der Waals surface area (Å²) in [5, 5.41) is 17.4. The summed E-state index contributed by atoms with van der Waals surface area (Å²) in [6, 6.07) is -0.886. The Bertz CT molecular complexity index is 963. The first-order chi connectivity index (χ1) is 25.1. The monoisotopic (exact) mass is 759 g/mol. The number of rotatable bonds is 39. The Morgan fingerprint density at radius 3 is 1.71 bits per heavy atom. The topological polar surface area (TPSA) is 154 Å². The van der Waals surface area contributed by atoms with Gasteiger partial charge in [-0.15, -0.1) is 0 Å². The average molecular weight is 759 g/mol. The fraction of sp³-hybridized carbons (Fsp3) is 0.925. The summed E-state index contributed by atoms with van der Waals surface area (Å²) in [5.74, 6) is -0.206. The van der Waals surface area contributed by atoms with Crippen molar-refractivity contribution in [3.63, 3.8) is 0 Å². The number of nitrogens with zero attached hydrogens (tertiary/aromatic N) is 4. The number of hydrogen-bond acceptors (Lipinski definition) is 6. The molecule has 0 aromatic heterocycles. The van der Waals surface area contributed by atoms with Gasteiger partial charge in [0.1, 0.15) is 13.2 Å². The van der Waals surface area contributed by atoms with Gasteiger partial charge in [0.05, 0.1) is 45.9 Å². The molecule has 11 nitrogen and oxygen atoms in total. The van der Waals surface area contributed by atoms with E-state index in [1.165, 1.54) is 122 Å². The zero-order valence-electron chi connectivity index (χ0n) is 34.0. The summed E-state index contributed by atoms with van der Waals surface area (Å²) < 4.78 is 23.6. The van der Waals surface area contributed by atoms with Gasteiger partial charge in [0.25, 0.3) is 0 Å². The quantitative estimate of drug-likeness (QED) is 0.0108. The first-order valence-corrected chi connectivity index (χ1v) is 22.6. The minimum Gasteiger partial charge on any atom is -0.387 e. The number of quaternary nitrogens is 1. The van der Waals surface area contributed by atoms with Crippen LogP contribution in [-0.2, 0) is 18.4 Å². The molecule has 0 aliphatic carbocycles. The van der Waals surface area contributed by atoms with Gasteiger partial charge in [-0.1, -0.05) is 172 Å². The number of phosphoric acid groups is 1. The van der Waals surface area contributed by atoms with E-state index in [0.717, 1.165) is 38.5 Å². The molecule has 0 aliphatic heterocycles. The number of phosphoric ester groups is 1. The van der Waals surface area contributed by atoms with Crippen LogP contribution in [0.2, 0.25) is 0 Å². The first kappa shape index (κ1) is 50.5. The summed E-state index contributed by atoms with van der Waals surface area (Å²) in [5.41, 5.74) is 8.50. The van der Waals surface area contributed by atoms with Crippen molar-refractivity contribution in [3.05, 3.63) is 22.6 Å². The van der Waals surface area contributed by atoms with Crippen LogP contribution in [0.3, 0.4) is 0 Å². The van der Waals surface area contributed by atoms with Crippen LogP contribution in [0, 0.1) is 0 Å². The molecule has 1 unspecified atom stereocenters. The minimum atomic E-state index is -4.44. The highest BCUT2D eigenvalue weighted by Crippen LogP contribution is 2.43. The van der Waals surface area contributed by atoms with Crippen molar-refractivity contribution >= 4 is 13.7 Å². The number of allylic oxidation sites excluding steroid dienone is 1. The maximum absolute atomic E-state index is 12.9. The Morgan fingerprint density at radius 2 is 1.23 bits per heavy atom. The fourth-order valence-corrected chi connectivity index (χ4v) is 6.93. The van der Waals surface area contributed by atoms with Crippen LogP contribution in [0.25, 0.3) is 10.4 Å². The normalized spacial score (nSPS) is 14.3. The van der Waals surface area contributed by atoms with Crippen LogP contribution in [0.5, 0.6) is 0 Å². The Morgan fingerprint density at radius 1 is 0.769 bits per heavy atom. The molecule has 1 amide bonds. The van der Waals surface area contributed by atoms with Crippen LogP contribution in [-0.4, -0.2) is 79.5 Å². The molecule has 0 bridgehead atoms. The van der Waals surface area contributed by atoms with E-state index in [1.54, 1.807) is 6.08 Å². The van der Waals surface area contributed by atoms with E-state index < -0.39 is 20.0 Å². The van der Waals surface area contributed by atoms with E-state index in [-0.39, 0.29) is 19.1 Å². The smallest absolute Gasteiger partial charge is 0.387 e. The van der Waals surface area contributed by atoms with Crippen LogP contribution < -0.4 is 5.32 Å². The molecule has 0 rings (SSSR count). The van der Waals surface area contributed by atoms with Gasteiger partial charge in [-0.3, -0.25) is 13.8 Å². The van der Waals surface area contributed by atoms with E-state index in [0.29, 0.717) is 30.5 Å². The molecule has 0 radical (unpaired) electrons. The van der Waals surface area contributed by atoms with Crippen molar-refractivity contribution in [1.29, 1.82) is 0 Å². The third-order valence-electron chi connectivity index (χ3n) is 9.81. The van der Waals surface area contributed by atoms with E-state index in [9.17, 15) is 19.4 Å². The number of aliphatic hydroxyl groups is 1. The van der Waals surface area contributed by atoms with Gasteiger partial charge in [-0.25, -0.2) is 4.57 Å². The molecule has 0 aromatic rings. The Kier molecular flexibility index (Phi) is 34.3. The zero-order valence-corrected chi connectivity index (χ0v) is 34.9. The summed E-state index contributed by atoms with van der Waals surface area (Å²) in [6.45, 7) is 5.35. The number of unbranched alkanes of at least 4 members (excludes halogenated alkanes) is 23.